The first-order chi connectivity index (χ1) is 8.63. The Morgan fingerprint density at radius 2 is 1.83 bits per heavy atom. The van der Waals surface area contributed by atoms with Gasteiger partial charge in [0.25, 0.3) is 0 Å². The predicted molar refractivity (Wildman–Crippen MR) is 65.7 cm³/mol. The summed E-state index contributed by atoms with van der Waals surface area (Å²) < 4.78 is 27.2. The van der Waals surface area contributed by atoms with Crippen molar-refractivity contribution in [1.29, 1.82) is 0 Å². The molecule has 92 valence electrons. The molecule has 1 heterocycles. The molecule has 2 rings (SSSR count). The summed E-state index contributed by atoms with van der Waals surface area (Å²) in [5, 5.41) is 12.0. The van der Waals surface area contributed by atoms with E-state index in [0.717, 1.165) is 12.1 Å². The molecule has 18 heavy (non-hydrogen) atoms. The Hall–Kier alpha value is -1.82. The average Bonchev–Trinajstić information content (AvgIpc) is 2.38. The van der Waals surface area contributed by atoms with Gasteiger partial charge in [-0.2, -0.15) is 0 Å². The third kappa shape index (κ3) is 2.38. The lowest BCUT2D eigenvalue weighted by molar-refractivity contribution is 0.319. The molecule has 0 aliphatic heterocycles. The maximum absolute atomic E-state index is 13.7. The molecule has 0 aliphatic rings. The number of benzene rings is 1. The molecule has 3 nitrogen and oxygen atoms in total. The molecule has 0 bridgehead atoms. The molecule has 1 aromatic heterocycles. The fourth-order valence-electron chi connectivity index (χ4n) is 1.48. The number of oxime groups is 1. The van der Waals surface area contributed by atoms with Gasteiger partial charge in [-0.15, -0.1) is 0 Å². The number of halogens is 3. The molecule has 0 atom stereocenters. The average molecular weight is 313 g/mol. The smallest absolute Gasteiger partial charge is 0.138 e. The molecule has 0 radical (unpaired) electrons. The number of nitrogens with zero attached hydrogens (tertiary/aromatic N) is 2. The largest absolute Gasteiger partial charge is 0.410 e. The van der Waals surface area contributed by atoms with Crippen LogP contribution in [0.5, 0.6) is 0 Å². The van der Waals surface area contributed by atoms with Crippen LogP contribution in [-0.4, -0.2) is 15.9 Å². The zero-order valence-electron chi connectivity index (χ0n) is 8.94. The summed E-state index contributed by atoms with van der Waals surface area (Å²) in [6.45, 7) is 0. The van der Waals surface area contributed by atoms with Crippen LogP contribution in [-0.2, 0) is 0 Å². The van der Waals surface area contributed by atoms with E-state index in [2.05, 4.69) is 26.1 Å². The Balaban J connectivity index is 2.57. The summed E-state index contributed by atoms with van der Waals surface area (Å²) in [7, 11) is 0. The molecular weight excluding hydrogens is 306 g/mol. The van der Waals surface area contributed by atoms with Crippen molar-refractivity contribution in [2.75, 3.05) is 0 Å². The number of aromatic nitrogens is 1. The molecule has 0 aliphatic carbocycles. The molecule has 6 heteroatoms. The van der Waals surface area contributed by atoms with E-state index >= 15 is 0 Å². The number of hydrogen-bond donors (Lipinski definition) is 1. The van der Waals surface area contributed by atoms with Gasteiger partial charge in [0.1, 0.15) is 17.3 Å². The van der Waals surface area contributed by atoms with Gasteiger partial charge in [-0.3, -0.25) is 4.98 Å². The van der Waals surface area contributed by atoms with E-state index in [9.17, 15) is 8.78 Å². The Bertz CT molecular complexity index is 603. The fraction of sp³-hybridized carbons (Fsp3) is 0. The highest BCUT2D eigenvalue weighted by molar-refractivity contribution is 9.10. The lowest BCUT2D eigenvalue weighted by Gasteiger charge is -2.07. The van der Waals surface area contributed by atoms with Crippen molar-refractivity contribution in [3.05, 3.63) is 63.9 Å². The maximum Gasteiger partial charge on any atom is 0.138 e. The van der Waals surface area contributed by atoms with E-state index in [-0.39, 0.29) is 15.7 Å². The lowest BCUT2D eigenvalue weighted by atomic mass is 10.0. The topological polar surface area (TPSA) is 45.5 Å². The highest BCUT2D eigenvalue weighted by Crippen LogP contribution is 2.22. The Labute approximate surface area is 110 Å². The van der Waals surface area contributed by atoms with E-state index in [1.54, 1.807) is 0 Å². The summed E-state index contributed by atoms with van der Waals surface area (Å²) in [5.41, 5.74) is 0.263. The summed E-state index contributed by atoms with van der Waals surface area (Å²) in [4.78, 5) is 3.80. The summed E-state index contributed by atoms with van der Waals surface area (Å²) in [6.07, 6.45) is 2.93. The standard InChI is InChI=1S/C12H7BrF2N2O/c13-9-6-10(14)8(5-11(9)15)12(17-18)7-1-3-16-4-2-7/h1-6,18H/b17-12+. The second kappa shape index (κ2) is 5.22. The Morgan fingerprint density at radius 3 is 2.44 bits per heavy atom. The van der Waals surface area contributed by atoms with Crippen molar-refractivity contribution in [3.63, 3.8) is 0 Å². The second-order valence-corrected chi connectivity index (χ2v) is 4.28. The van der Waals surface area contributed by atoms with Gasteiger partial charge in [0.05, 0.1) is 4.47 Å². The van der Waals surface area contributed by atoms with Crippen molar-refractivity contribution in [1.82, 2.24) is 4.98 Å². The molecule has 0 unspecified atom stereocenters. The van der Waals surface area contributed by atoms with Crippen LogP contribution in [0.15, 0.2) is 46.3 Å². The molecule has 1 aromatic carbocycles. The fourth-order valence-corrected chi connectivity index (χ4v) is 1.80. The minimum atomic E-state index is -0.687. The highest BCUT2D eigenvalue weighted by atomic mass is 79.9. The van der Waals surface area contributed by atoms with Crippen LogP contribution in [0.2, 0.25) is 0 Å². The van der Waals surface area contributed by atoms with Gasteiger partial charge < -0.3 is 5.21 Å². The third-order valence-electron chi connectivity index (χ3n) is 2.32. The van der Waals surface area contributed by atoms with Crippen molar-refractivity contribution in [2.24, 2.45) is 5.16 Å². The molecular formula is C12H7BrF2N2O. The summed E-state index contributed by atoms with van der Waals surface area (Å²) in [5.74, 6) is -1.32. The van der Waals surface area contributed by atoms with E-state index in [4.69, 9.17) is 5.21 Å². The van der Waals surface area contributed by atoms with Gasteiger partial charge in [0, 0.05) is 23.5 Å². The van der Waals surface area contributed by atoms with Crippen molar-refractivity contribution in [2.45, 2.75) is 0 Å². The van der Waals surface area contributed by atoms with Gasteiger partial charge in [-0.25, -0.2) is 8.78 Å². The van der Waals surface area contributed by atoms with E-state index in [0.29, 0.717) is 5.56 Å². The first kappa shape index (κ1) is 12.6. The normalized spacial score (nSPS) is 11.6. The van der Waals surface area contributed by atoms with Crippen molar-refractivity contribution >= 4 is 21.6 Å². The maximum atomic E-state index is 13.7. The van der Waals surface area contributed by atoms with Gasteiger partial charge in [0.15, 0.2) is 0 Å². The monoisotopic (exact) mass is 312 g/mol. The minimum Gasteiger partial charge on any atom is -0.410 e. The first-order valence-electron chi connectivity index (χ1n) is 4.91. The first-order valence-corrected chi connectivity index (χ1v) is 5.70. The quantitative estimate of drug-likeness (QED) is 0.400. The van der Waals surface area contributed by atoms with Crippen molar-refractivity contribution in [3.8, 4) is 0 Å². The number of hydrogen-bond acceptors (Lipinski definition) is 3. The van der Waals surface area contributed by atoms with Gasteiger partial charge >= 0.3 is 0 Å². The minimum absolute atomic E-state index is 0.00997. The summed E-state index contributed by atoms with van der Waals surface area (Å²) in [6, 6.07) is 5.02. The molecule has 0 saturated heterocycles. The summed E-state index contributed by atoms with van der Waals surface area (Å²) >= 11 is 2.88. The van der Waals surface area contributed by atoms with E-state index < -0.39 is 11.6 Å². The zero-order valence-corrected chi connectivity index (χ0v) is 10.5. The van der Waals surface area contributed by atoms with Crippen LogP contribution in [0.3, 0.4) is 0 Å². The van der Waals surface area contributed by atoms with Crippen LogP contribution in [0.4, 0.5) is 8.78 Å². The van der Waals surface area contributed by atoms with Crippen LogP contribution in [0, 0.1) is 11.6 Å². The molecule has 0 saturated carbocycles. The molecule has 2 aromatic rings. The van der Waals surface area contributed by atoms with Crippen LogP contribution >= 0.6 is 15.9 Å². The Kier molecular flexibility index (Phi) is 3.66. The van der Waals surface area contributed by atoms with E-state index in [1.807, 2.05) is 0 Å². The number of rotatable bonds is 2. The second-order valence-electron chi connectivity index (χ2n) is 3.43. The van der Waals surface area contributed by atoms with Crippen LogP contribution < -0.4 is 0 Å². The number of pyridine rings is 1. The Morgan fingerprint density at radius 1 is 1.17 bits per heavy atom. The molecule has 1 N–H and O–H groups in total. The van der Waals surface area contributed by atoms with Crippen LogP contribution in [0.25, 0.3) is 0 Å². The van der Waals surface area contributed by atoms with Crippen molar-refractivity contribution < 1.29 is 14.0 Å². The SMILES string of the molecule is O/N=C(\c1ccncc1)c1cc(F)c(Br)cc1F. The van der Waals surface area contributed by atoms with Gasteiger partial charge in [-0.1, -0.05) is 5.16 Å². The predicted octanol–water partition coefficient (Wildman–Crippen LogP) is 3.35. The molecule has 0 spiro atoms. The van der Waals surface area contributed by atoms with Crippen LogP contribution in [0.1, 0.15) is 11.1 Å². The lowest BCUT2D eigenvalue weighted by Crippen LogP contribution is -2.07. The molecule has 0 fully saturated rings. The zero-order chi connectivity index (χ0) is 13.1. The third-order valence-corrected chi connectivity index (χ3v) is 2.93. The van der Waals surface area contributed by atoms with E-state index in [1.165, 1.54) is 24.5 Å². The van der Waals surface area contributed by atoms with Gasteiger partial charge in [-0.05, 0) is 40.2 Å². The van der Waals surface area contributed by atoms with Gasteiger partial charge in [0.2, 0.25) is 0 Å². The highest BCUT2D eigenvalue weighted by Gasteiger charge is 2.15. The molecule has 0 amide bonds.